The number of para-hydroxylation sites is 1. The van der Waals surface area contributed by atoms with Crippen LogP contribution in [-0.2, 0) is 4.74 Å². The summed E-state index contributed by atoms with van der Waals surface area (Å²) >= 11 is 0. The summed E-state index contributed by atoms with van der Waals surface area (Å²) in [6.07, 6.45) is 1.15. The van der Waals surface area contributed by atoms with E-state index >= 15 is 0 Å². The second-order valence-corrected chi connectivity index (χ2v) is 8.08. The number of benzene rings is 1. The van der Waals surface area contributed by atoms with Crippen LogP contribution in [0.5, 0.6) is 0 Å². The van der Waals surface area contributed by atoms with E-state index in [1.165, 1.54) is 0 Å². The first-order valence-corrected chi connectivity index (χ1v) is 9.82. The van der Waals surface area contributed by atoms with Crippen molar-refractivity contribution >= 4 is 29.1 Å². The number of hydrogen-bond donors (Lipinski definition) is 2. The molecule has 158 valence electrons. The average Bonchev–Trinajstić information content (AvgIpc) is 3.08. The molecule has 9 heteroatoms. The van der Waals surface area contributed by atoms with Crippen LogP contribution >= 0.6 is 0 Å². The van der Waals surface area contributed by atoms with Gasteiger partial charge in [0.25, 0.3) is 11.9 Å². The van der Waals surface area contributed by atoms with E-state index in [1.807, 2.05) is 20.8 Å². The number of hydroxylamine groups is 2. The van der Waals surface area contributed by atoms with E-state index in [0.717, 1.165) is 12.8 Å². The quantitative estimate of drug-likeness (QED) is 0.593. The zero-order chi connectivity index (χ0) is 21.2. The molecule has 1 aliphatic rings. The molecule has 0 spiro atoms. The van der Waals surface area contributed by atoms with E-state index in [0.29, 0.717) is 35.3 Å². The standard InChI is InChI=1S/C20H28N4O5/c1-5-24(27)17(25)14-7-6-8-15-16(14)22-18(28-15)21-13-9-11-23(12-10-13)19(26)29-20(2,3)4/h6-8,13,27H,5,9-12H2,1-4H3,(H,21,22). The number of aromatic nitrogens is 1. The number of nitrogens with one attached hydrogen (secondary N) is 1. The van der Waals surface area contributed by atoms with Gasteiger partial charge in [0.05, 0.1) is 5.56 Å². The molecular weight excluding hydrogens is 376 g/mol. The fourth-order valence-electron chi connectivity index (χ4n) is 3.17. The second-order valence-electron chi connectivity index (χ2n) is 8.08. The van der Waals surface area contributed by atoms with Crippen LogP contribution in [0.25, 0.3) is 11.1 Å². The summed E-state index contributed by atoms with van der Waals surface area (Å²) in [4.78, 5) is 30.6. The zero-order valence-electron chi connectivity index (χ0n) is 17.3. The number of carbonyl (C=O) groups excluding carboxylic acids is 2. The Morgan fingerprint density at radius 2 is 2.03 bits per heavy atom. The number of hydrogen-bond acceptors (Lipinski definition) is 7. The summed E-state index contributed by atoms with van der Waals surface area (Å²) in [5.41, 5.74) is 0.637. The summed E-state index contributed by atoms with van der Waals surface area (Å²) in [7, 11) is 0. The third-order valence-corrected chi connectivity index (χ3v) is 4.66. The Hall–Kier alpha value is -2.81. The molecule has 1 aliphatic heterocycles. The Kier molecular flexibility index (Phi) is 5.97. The van der Waals surface area contributed by atoms with E-state index < -0.39 is 11.5 Å². The van der Waals surface area contributed by atoms with E-state index in [1.54, 1.807) is 30.0 Å². The van der Waals surface area contributed by atoms with E-state index in [-0.39, 0.29) is 24.2 Å². The minimum absolute atomic E-state index is 0.0888. The number of amides is 2. The van der Waals surface area contributed by atoms with Gasteiger partial charge in [-0.1, -0.05) is 6.07 Å². The maximum Gasteiger partial charge on any atom is 0.410 e. The summed E-state index contributed by atoms with van der Waals surface area (Å²) in [5.74, 6) is -0.524. The number of rotatable bonds is 4. The summed E-state index contributed by atoms with van der Waals surface area (Å²) < 4.78 is 11.1. The van der Waals surface area contributed by atoms with Crippen molar-refractivity contribution in [3.05, 3.63) is 23.8 Å². The van der Waals surface area contributed by atoms with Crippen LogP contribution < -0.4 is 5.32 Å². The molecule has 1 fully saturated rings. The van der Waals surface area contributed by atoms with E-state index in [4.69, 9.17) is 9.15 Å². The van der Waals surface area contributed by atoms with E-state index in [2.05, 4.69) is 10.3 Å². The number of likely N-dealkylation sites (tertiary alicyclic amines) is 1. The lowest BCUT2D eigenvalue weighted by Crippen LogP contribution is -2.44. The van der Waals surface area contributed by atoms with Crippen LogP contribution in [0.3, 0.4) is 0 Å². The first kappa shape index (κ1) is 20.9. The first-order valence-electron chi connectivity index (χ1n) is 9.82. The summed E-state index contributed by atoms with van der Waals surface area (Å²) in [5, 5.41) is 13.6. The van der Waals surface area contributed by atoms with Gasteiger partial charge in [0, 0.05) is 25.7 Å². The summed E-state index contributed by atoms with van der Waals surface area (Å²) in [6, 6.07) is 5.42. The maximum atomic E-state index is 12.3. The average molecular weight is 404 g/mol. The number of oxazole rings is 1. The molecule has 0 radical (unpaired) electrons. The molecule has 3 rings (SSSR count). The molecule has 0 atom stereocenters. The Morgan fingerprint density at radius 3 is 2.66 bits per heavy atom. The van der Waals surface area contributed by atoms with Crippen molar-refractivity contribution in [2.24, 2.45) is 0 Å². The largest absolute Gasteiger partial charge is 0.444 e. The molecule has 2 N–H and O–H groups in total. The third-order valence-electron chi connectivity index (χ3n) is 4.66. The van der Waals surface area contributed by atoms with Gasteiger partial charge in [-0.15, -0.1) is 0 Å². The third kappa shape index (κ3) is 4.97. The summed E-state index contributed by atoms with van der Waals surface area (Å²) in [6.45, 7) is 8.55. The van der Waals surface area contributed by atoms with Gasteiger partial charge in [0.1, 0.15) is 11.1 Å². The normalized spacial score (nSPS) is 15.4. The van der Waals surface area contributed by atoms with Crippen molar-refractivity contribution in [3.63, 3.8) is 0 Å². The zero-order valence-corrected chi connectivity index (χ0v) is 17.3. The molecular formula is C20H28N4O5. The van der Waals surface area contributed by atoms with Crippen molar-refractivity contribution in [1.82, 2.24) is 14.9 Å². The molecule has 0 unspecified atom stereocenters. The Bertz CT molecular complexity index is 881. The van der Waals surface area contributed by atoms with Crippen LogP contribution in [0, 0.1) is 0 Å². The number of carbonyl (C=O) groups is 2. The molecule has 0 aliphatic carbocycles. The Balaban J connectivity index is 1.65. The Morgan fingerprint density at radius 1 is 1.34 bits per heavy atom. The molecule has 0 bridgehead atoms. The van der Waals surface area contributed by atoms with Crippen molar-refractivity contribution in [1.29, 1.82) is 0 Å². The molecule has 1 aromatic heterocycles. The lowest BCUT2D eigenvalue weighted by atomic mass is 10.1. The molecule has 0 saturated carbocycles. The van der Waals surface area contributed by atoms with Crippen LogP contribution in [0.15, 0.2) is 22.6 Å². The second kappa shape index (κ2) is 8.28. The van der Waals surface area contributed by atoms with E-state index in [9.17, 15) is 14.8 Å². The maximum absolute atomic E-state index is 12.3. The lowest BCUT2D eigenvalue weighted by Gasteiger charge is -2.33. The van der Waals surface area contributed by atoms with Gasteiger partial charge in [-0.3, -0.25) is 10.0 Å². The first-order chi connectivity index (χ1) is 13.7. The molecule has 2 heterocycles. The van der Waals surface area contributed by atoms with Crippen LogP contribution in [0.1, 0.15) is 50.9 Å². The Labute approximate surface area is 169 Å². The van der Waals surface area contributed by atoms with Crippen molar-refractivity contribution in [2.75, 3.05) is 25.0 Å². The fourth-order valence-corrected chi connectivity index (χ4v) is 3.17. The molecule has 29 heavy (non-hydrogen) atoms. The molecule has 1 saturated heterocycles. The number of fused-ring (bicyclic) bond motifs is 1. The smallest absolute Gasteiger partial charge is 0.410 e. The van der Waals surface area contributed by atoms with Crippen LogP contribution in [0.2, 0.25) is 0 Å². The topological polar surface area (TPSA) is 108 Å². The number of anilines is 1. The molecule has 2 aromatic rings. The minimum Gasteiger partial charge on any atom is -0.444 e. The monoisotopic (exact) mass is 404 g/mol. The van der Waals surface area contributed by atoms with Gasteiger partial charge in [0.2, 0.25) is 0 Å². The minimum atomic E-state index is -0.524. The molecule has 9 nitrogen and oxygen atoms in total. The van der Waals surface area contributed by atoms with Gasteiger partial charge < -0.3 is 19.4 Å². The number of nitrogens with zero attached hydrogens (tertiary/aromatic N) is 3. The predicted molar refractivity (Wildman–Crippen MR) is 107 cm³/mol. The number of piperidine rings is 1. The van der Waals surface area contributed by atoms with Gasteiger partial charge in [-0.2, -0.15) is 4.98 Å². The van der Waals surface area contributed by atoms with Crippen LogP contribution in [-0.4, -0.2) is 63.4 Å². The number of ether oxygens (including phenoxy) is 1. The van der Waals surface area contributed by atoms with Gasteiger partial charge in [0.15, 0.2) is 5.58 Å². The van der Waals surface area contributed by atoms with Crippen molar-refractivity contribution in [2.45, 2.75) is 52.2 Å². The van der Waals surface area contributed by atoms with Gasteiger partial charge in [-0.25, -0.2) is 9.86 Å². The van der Waals surface area contributed by atoms with Crippen LogP contribution in [0.4, 0.5) is 10.8 Å². The van der Waals surface area contributed by atoms with Gasteiger partial charge >= 0.3 is 6.09 Å². The highest BCUT2D eigenvalue weighted by Gasteiger charge is 2.28. The van der Waals surface area contributed by atoms with Gasteiger partial charge in [-0.05, 0) is 52.7 Å². The molecule has 1 aromatic carbocycles. The highest BCUT2D eigenvalue weighted by molar-refractivity contribution is 6.04. The van der Waals surface area contributed by atoms with Crippen molar-refractivity contribution in [3.8, 4) is 0 Å². The SMILES string of the molecule is CCN(O)C(=O)c1cccc2oc(NC3CCN(C(=O)OC(C)(C)C)CC3)nc12. The fraction of sp³-hybridized carbons (Fsp3) is 0.550. The highest BCUT2D eigenvalue weighted by Crippen LogP contribution is 2.25. The lowest BCUT2D eigenvalue weighted by molar-refractivity contribution is -0.0540. The van der Waals surface area contributed by atoms with Crippen molar-refractivity contribution < 1.29 is 24.0 Å². The highest BCUT2D eigenvalue weighted by atomic mass is 16.6. The molecule has 2 amide bonds. The predicted octanol–water partition coefficient (Wildman–Crippen LogP) is 3.49.